The van der Waals surface area contributed by atoms with Crippen LogP contribution in [0.2, 0.25) is 0 Å². The van der Waals surface area contributed by atoms with E-state index in [0.717, 1.165) is 31.0 Å². The van der Waals surface area contributed by atoms with Gasteiger partial charge >= 0.3 is 0 Å². The monoisotopic (exact) mass is 329 g/mol. The van der Waals surface area contributed by atoms with Gasteiger partial charge in [-0.1, -0.05) is 23.8 Å². The van der Waals surface area contributed by atoms with Gasteiger partial charge in [0.25, 0.3) is 0 Å². The number of rotatable bonds is 2. The molecule has 2 bridgehead atoms. The minimum Gasteiger partial charge on any atom is -0.374 e. The first-order chi connectivity index (χ1) is 11.3. The molecule has 4 aliphatic rings. The Labute approximate surface area is 148 Å². The number of hydrogen-bond donors (Lipinski definition) is 0. The summed E-state index contributed by atoms with van der Waals surface area (Å²) in [6, 6.07) is 0.729. The van der Waals surface area contributed by atoms with E-state index in [1.807, 2.05) is 0 Å². The van der Waals surface area contributed by atoms with E-state index in [1.54, 1.807) is 5.57 Å². The van der Waals surface area contributed by atoms with Crippen LogP contribution in [0.4, 0.5) is 0 Å². The van der Waals surface area contributed by atoms with Crippen LogP contribution in [0.3, 0.4) is 0 Å². The Balaban J connectivity index is 1.68. The molecule has 0 radical (unpaired) electrons. The van der Waals surface area contributed by atoms with Gasteiger partial charge in [0.05, 0.1) is 12.2 Å². The highest BCUT2D eigenvalue weighted by Crippen LogP contribution is 2.65. The van der Waals surface area contributed by atoms with Crippen LogP contribution in [-0.4, -0.2) is 36.2 Å². The maximum atomic E-state index is 6.17. The van der Waals surface area contributed by atoms with E-state index < -0.39 is 0 Å². The van der Waals surface area contributed by atoms with Crippen molar-refractivity contribution in [1.29, 1.82) is 0 Å². The molecule has 0 aromatic heterocycles. The van der Waals surface area contributed by atoms with Crippen LogP contribution in [0.15, 0.2) is 23.8 Å². The predicted molar refractivity (Wildman–Crippen MR) is 100.0 cm³/mol. The van der Waals surface area contributed by atoms with Crippen LogP contribution in [0.1, 0.15) is 59.8 Å². The molecule has 2 heteroatoms. The molecule has 0 aromatic rings. The second-order valence-electron chi connectivity index (χ2n) is 9.80. The molecule has 2 nitrogen and oxygen atoms in total. The fraction of sp³-hybridized carbons (Fsp3) is 0.818. The third kappa shape index (κ3) is 2.52. The molecular formula is C22H35NO. The summed E-state index contributed by atoms with van der Waals surface area (Å²) >= 11 is 0. The SMILES string of the molecule is C=C1[C@H]2CC[C@]3(C2)[C@H](CN2CCOC(C)(C)C[C@H]23)[C@H]1CC=C(C)C. The summed E-state index contributed by atoms with van der Waals surface area (Å²) in [6.07, 6.45) is 9.09. The van der Waals surface area contributed by atoms with Crippen LogP contribution in [0.5, 0.6) is 0 Å². The van der Waals surface area contributed by atoms with Crippen molar-refractivity contribution in [3.05, 3.63) is 23.8 Å². The molecule has 2 saturated carbocycles. The Bertz CT molecular complexity index is 558. The quantitative estimate of drug-likeness (QED) is 0.674. The Morgan fingerprint density at radius 3 is 2.88 bits per heavy atom. The lowest BCUT2D eigenvalue weighted by atomic mass is 9.58. The molecule has 134 valence electrons. The van der Waals surface area contributed by atoms with E-state index in [0.29, 0.717) is 11.3 Å². The van der Waals surface area contributed by atoms with Crippen LogP contribution >= 0.6 is 0 Å². The van der Waals surface area contributed by atoms with Gasteiger partial charge in [0.2, 0.25) is 0 Å². The van der Waals surface area contributed by atoms with Gasteiger partial charge in [-0.2, -0.15) is 0 Å². The van der Waals surface area contributed by atoms with Crippen LogP contribution in [0.25, 0.3) is 0 Å². The molecule has 2 aliphatic heterocycles. The van der Waals surface area contributed by atoms with Crippen LogP contribution in [-0.2, 0) is 4.74 Å². The maximum absolute atomic E-state index is 6.17. The number of nitrogens with zero attached hydrogens (tertiary/aromatic N) is 1. The zero-order chi connectivity index (χ0) is 17.1. The third-order valence-electron chi connectivity index (χ3n) is 7.68. The van der Waals surface area contributed by atoms with Crippen molar-refractivity contribution in [3.63, 3.8) is 0 Å². The van der Waals surface area contributed by atoms with Gasteiger partial charge in [-0.3, -0.25) is 4.90 Å². The van der Waals surface area contributed by atoms with Gasteiger partial charge < -0.3 is 4.74 Å². The molecule has 5 atom stereocenters. The molecule has 1 spiro atoms. The zero-order valence-corrected chi connectivity index (χ0v) is 16.1. The van der Waals surface area contributed by atoms with Crippen molar-refractivity contribution in [1.82, 2.24) is 4.90 Å². The lowest BCUT2D eigenvalue weighted by Crippen LogP contribution is -2.45. The molecule has 0 amide bonds. The Morgan fingerprint density at radius 1 is 1.33 bits per heavy atom. The Kier molecular flexibility index (Phi) is 4.01. The highest BCUT2D eigenvalue weighted by atomic mass is 16.5. The normalized spacial score (nSPS) is 43.9. The number of fused-ring (bicyclic) bond motifs is 2. The van der Waals surface area contributed by atoms with E-state index in [4.69, 9.17) is 4.74 Å². The van der Waals surface area contributed by atoms with Crippen molar-refractivity contribution in [3.8, 4) is 0 Å². The lowest BCUT2D eigenvalue weighted by molar-refractivity contribution is -0.0238. The summed E-state index contributed by atoms with van der Waals surface area (Å²) in [7, 11) is 0. The molecular weight excluding hydrogens is 294 g/mol. The predicted octanol–water partition coefficient (Wildman–Crippen LogP) is 4.81. The average Bonchev–Trinajstić information content (AvgIpc) is 2.98. The smallest absolute Gasteiger partial charge is 0.0642 e. The Hall–Kier alpha value is -0.600. The van der Waals surface area contributed by atoms with E-state index in [2.05, 4.69) is 45.2 Å². The Morgan fingerprint density at radius 2 is 2.12 bits per heavy atom. The summed E-state index contributed by atoms with van der Waals surface area (Å²) in [5, 5.41) is 0. The third-order valence-corrected chi connectivity index (χ3v) is 7.68. The fourth-order valence-electron chi connectivity index (χ4n) is 6.54. The molecule has 2 saturated heterocycles. The molecule has 2 heterocycles. The second-order valence-corrected chi connectivity index (χ2v) is 9.80. The first-order valence-corrected chi connectivity index (χ1v) is 10.0. The molecule has 2 aliphatic carbocycles. The summed E-state index contributed by atoms with van der Waals surface area (Å²) in [6.45, 7) is 17.0. The first-order valence-electron chi connectivity index (χ1n) is 10.0. The average molecular weight is 330 g/mol. The summed E-state index contributed by atoms with van der Waals surface area (Å²) in [4.78, 5) is 2.80. The molecule has 0 aromatic carbocycles. The van der Waals surface area contributed by atoms with Gasteiger partial charge in [0, 0.05) is 19.1 Å². The van der Waals surface area contributed by atoms with Gasteiger partial charge in [-0.25, -0.2) is 0 Å². The summed E-state index contributed by atoms with van der Waals surface area (Å²) in [5.74, 6) is 2.31. The van der Waals surface area contributed by atoms with Crippen molar-refractivity contribution >= 4 is 0 Å². The largest absolute Gasteiger partial charge is 0.374 e. The van der Waals surface area contributed by atoms with E-state index >= 15 is 0 Å². The van der Waals surface area contributed by atoms with Crippen molar-refractivity contribution in [2.24, 2.45) is 23.2 Å². The van der Waals surface area contributed by atoms with Crippen LogP contribution in [0, 0.1) is 23.2 Å². The van der Waals surface area contributed by atoms with Gasteiger partial charge in [0.15, 0.2) is 0 Å². The van der Waals surface area contributed by atoms with Gasteiger partial charge in [-0.15, -0.1) is 0 Å². The summed E-state index contributed by atoms with van der Waals surface area (Å²) < 4.78 is 6.17. The van der Waals surface area contributed by atoms with Gasteiger partial charge in [-0.05, 0) is 83.0 Å². The zero-order valence-electron chi connectivity index (χ0n) is 16.1. The van der Waals surface area contributed by atoms with Crippen molar-refractivity contribution in [2.45, 2.75) is 71.4 Å². The fourth-order valence-corrected chi connectivity index (χ4v) is 6.54. The molecule has 4 fully saturated rings. The summed E-state index contributed by atoms with van der Waals surface area (Å²) in [5.41, 5.74) is 3.61. The van der Waals surface area contributed by atoms with E-state index in [1.165, 1.54) is 44.2 Å². The molecule has 24 heavy (non-hydrogen) atoms. The molecule has 0 N–H and O–H groups in total. The van der Waals surface area contributed by atoms with Gasteiger partial charge in [0.1, 0.15) is 0 Å². The van der Waals surface area contributed by atoms with Crippen molar-refractivity contribution < 1.29 is 4.74 Å². The van der Waals surface area contributed by atoms with E-state index in [9.17, 15) is 0 Å². The minimum atomic E-state index is 0.0327. The second kappa shape index (κ2) is 5.71. The van der Waals surface area contributed by atoms with E-state index in [-0.39, 0.29) is 5.60 Å². The maximum Gasteiger partial charge on any atom is 0.0642 e. The molecule has 4 rings (SSSR count). The number of ether oxygens (including phenoxy) is 1. The highest BCUT2D eigenvalue weighted by Gasteiger charge is 2.63. The minimum absolute atomic E-state index is 0.0327. The highest BCUT2D eigenvalue weighted by molar-refractivity contribution is 5.26. The molecule has 0 unspecified atom stereocenters. The van der Waals surface area contributed by atoms with Crippen LogP contribution < -0.4 is 0 Å². The standard InChI is InChI=1S/C22H35NO/c1-15(2)6-7-18-16(3)17-8-9-22(12-17)19(18)14-23-10-11-24-21(4,5)13-20(22)23/h6,17-20H,3,7-14H2,1-2,4-5H3/t17-,18-,19+,20-,22-/m0/s1. The first kappa shape index (κ1) is 16.8. The number of allylic oxidation sites excluding steroid dienone is 3. The lowest BCUT2D eigenvalue weighted by Gasteiger charge is -2.46. The number of hydrogen-bond acceptors (Lipinski definition) is 2. The topological polar surface area (TPSA) is 12.5 Å². The van der Waals surface area contributed by atoms with Crippen molar-refractivity contribution in [2.75, 3.05) is 19.7 Å².